The van der Waals surface area contributed by atoms with Crippen LogP contribution >= 0.6 is 11.3 Å². The van der Waals surface area contributed by atoms with Gasteiger partial charge in [0.05, 0.1) is 6.42 Å². The van der Waals surface area contributed by atoms with E-state index in [2.05, 4.69) is 28.5 Å². The van der Waals surface area contributed by atoms with Gasteiger partial charge in [0.2, 0.25) is 16.9 Å². The third kappa shape index (κ3) is 4.41. The van der Waals surface area contributed by atoms with Gasteiger partial charge in [0.25, 0.3) is 0 Å². The highest BCUT2D eigenvalue weighted by Gasteiger charge is 2.34. The third-order valence-electron chi connectivity index (χ3n) is 5.31. The zero-order chi connectivity index (χ0) is 21.1. The van der Waals surface area contributed by atoms with E-state index in [-0.39, 0.29) is 17.7 Å². The molecule has 7 heteroatoms. The molecule has 1 atom stereocenters. The minimum atomic E-state index is -0.123. The van der Waals surface area contributed by atoms with Gasteiger partial charge in [-0.15, -0.1) is 10.2 Å². The lowest BCUT2D eigenvalue weighted by molar-refractivity contribution is -0.117. The summed E-state index contributed by atoms with van der Waals surface area (Å²) >= 11 is 1.35. The smallest absolute Gasteiger partial charge is 0.230 e. The Morgan fingerprint density at radius 3 is 2.70 bits per heavy atom. The first-order chi connectivity index (χ1) is 14.5. The lowest BCUT2D eigenvalue weighted by atomic mass is 10.1. The second-order valence-electron chi connectivity index (χ2n) is 7.54. The van der Waals surface area contributed by atoms with Gasteiger partial charge in [-0.05, 0) is 30.5 Å². The molecule has 154 valence electrons. The maximum Gasteiger partial charge on any atom is 0.230 e. The van der Waals surface area contributed by atoms with Gasteiger partial charge in [-0.2, -0.15) is 0 Å². The molecule has 1 aliphatic rings. The van der Waals surface area contributed by atoms with Crippen LogP contribution < -0.4 is 10.2 Å². The highest BCUT2D eigenvalue weighted by Crippen LogP contribution is 2.35. The number of hydrogen-bond acceptors (Lipinski definition) is 5. The van der Waals surface area contributed by atoms with E-state index >= 15 is 0 Å². The van der Waals surface area contributed by atoms with Crippen LogP contribution in [0.1, 0.15) is 41.0 Å². The largest absolute Gasteiger partial charge is 0.311 e. The molecular formula is C23H24N4O2S. The number of aryl methyl sites for hydroxylation is 2. The van der Waals surface area contributed by atoms with E-state index in [1.54, 1.807) is 0 Å². The molecule has 2 amide bonds. The van der Waals surface area contributed by atoms with Gasteiger partial charge in [-0.25, -0.2) is 0 Å². The van der Waals surface area contributed by atoms with Crippen LogP contribution in [0.5, 0.6) is 0 Å². The molecule has 0 spiro atoms. The van der Waals surface area contributed by atoms with Crippen molar-refractivity contribution < 1.29 is 9.59 Å². The molecule has 0 aliphatic carbocycles. The molecule has 1 saturated heterocycles. The number of nitrogens with one attached hydrogen (secondary N) is 1. The van der Waals surface area contributed by atoms with E-state index in [0.717, 1.165) is 33.8 Å². The molecule has 0 bridgehead atoms. The van der Waals surface area contributed by atoms with E-state index in [4.69, 9.17) is 0 Å². The molecule has 2 heterocycles. The van der Waals surface area contributed by atoms with Crippen molar-refractivity contribution in [1.29, 1.82) is 0 Å². The molecule has 30 heavy (non-hydrogen) atoms. The Kier molecular flexibility index (Phi) is 5.90. The summed E-state index contributed by atoms with van der Waals surface area (Å²) in [5.74, 6) is -0.0359. The van der Waals surface area contributed by atoms with Gasteiger partial charge in [0.15, 0.2) is 0 Å². The second kappa shape index (κ2) is 8.75. The fraction of sp³-hybridized carbons (Fsp3) is 0.304. The minimum Gasteiger partial charge on any atom is -0.311 e. The fourth-order valence-electron chi connectivity index (χ4n) is 3.68. The van der Waals surface area contributed by atoms with E-state index in [1.807, 2.05) is 54.3 Å². The summed E-state index contributed by atoms with van der Waals surface area (Å²) in [5, 5.41) is 12.5. The Balaban J connectivity index is 1.41. The number of nitrogens with zero attached hydrogens (tertiary/aromatic N) is 3. The summed E-state index contributed by atoms with van der Waals surface area (Å²) in [6.45, 7) is 4.69. The number of rotatable bonds is 6. The van der Waals surface area contributed by atoms with Gasteiger partial charge in [-0.3, -0.25) is 9.59 Å². The predicted molar refractivity (Wildman–Crippen MR) is 119 cm³/mol. The van der Waals surface area contributed by atoms with Crippen LogP contribution in [0, 0.1) is 6.92 Å². The predicted octanol–water partition coefficient (Wildman–Crippen LogP) is 4.11. The average molecular weight is 421 g/mol. The molecule has 0 radical (unpaired) electrons. The van der Waals surface area contributed by atoms with Gasteiger partial charge >= 0.3 is 0 Å². The summed E-state index contributed by atoms with van der Waals surface area (Å²) in [6, 6.07) is 15.9. The maximum absolute atomic E-state index is 12.7. The zero-order valence-electron chi connectivity index (χ0n) is 17.1. The molecule has 1 aromatic heterocycles. The number of carbonyl (C=O) groups is 2. The quantitative estimate of drug-likeness (QED) is 0.651. The monoisotopic (exact) mass is 420 g/mol. The molecule has 0 saturated carbocycles. The summed E-state index contributed by atoms with van der Waals surface area (Å²) in [5.41, 5.74) is 4.25. The van der Waals surface area contributed by atoms with Crippen LogP contribution in [0.3, 0.4) is 0 Å². The van der Waals surface area contributed by atoms with Crippen LogP contribution in [0.15, 0.2) is 48.5 Å². The molecule has 1 N–H and O–H groups in total. The molecule has 3 aromatic rings. The van der Waals surface area contributed by atoms with Crippen molar-refractivity contribution in [1.82, 2.24) is 10.2 Å². The Labute approximate surface area is 180 Å². The van der Waals surface area contributed by atoms with E-state index in [1.165, 1.54) is 11.3 Å². The number of anilines is 2. The normalized spacial score (nSPS) is 16.1. The van der Waals surface area contributed by atoms with Gasteiger partial charge in [0, 0.05) is 24.6 Å². The third-order valence-corrected chi connectivity index (χ3v) is 6.31. The lowest BCUT2D eigenvalue weighted by Gasteiger charge is -2.19. The fourth-order valence-corrected chi connectivity index (χ4v) is 4.53. The molecule has 1 aliphatic heterocycles. The highest BCUT2D eigenvalue weighted by molar-refractivity contribution is 7.15. The van der Waals surface area contributed by atoms with E-state index in [9.17, 15) is 9.59 Å². The lowest BCUT2D eigenvalue weighted by Crippen LogP contribution is -2.25. The van der Waals surface area contributed by atoms with Crippen LogP contribution in [-0.4, -0.2) is 28.6 Å². The molecule has 6 nitrogen and oxygen atoms in total. The van der Waals surface area contributed by atoms with Crippen molar-refractivity contribution in [2.24, 2.45) is 0 Å². The van der Waals surface area contributed by atoms with E-state index in [0.29, 0.717) is 24.5 Å². The minimum absolute atomic E-state index is 0.0114. The topological polar surface area (TPSA) is 75.2 Å². The van der Waals surface area contributed by atoms with Gasteiger partial charge in [-0.1, -0.05) is 66.3 Å². The SMILES string of the molecule is CCc1ccccc1N1C[C@H](c2nnc(NC(=O)Cc3ccc(C)cc3)s2)CC1=O. The molecule has 2 aromatic carbocycles. The van der Waals surface area contributed by atoms with Crippen molar-refractivity contribution in [2.45, 2.75) is 39.0 Å². The van der Waals surface area contributed by atoms with Gasteiger partial charge in [0.1, 0.15) is 5.01 Å². The van der Waals surface area contributed by atoms with Crippen LogP contribution in [0.25, 0.3) is 0 Å². The Morgan fingerprint density at radius 1 is 1.17 bits per heavy atom. The summed E-state index contributed by atoms with van der Waals surface area (Å²) in [6.07, 6.45) is 1.57. The Morgan fingerprint density at radius 2 is 1.93 bits per heavy atom. The standard InChI is InChI=1S/C23H24N4O2S/c1-3-17-6-4-5-7-19(17)27-14-18(13-21(27)29)22-25-26-23(30-22)24-20(28)12-16-10-8-15(2)9-11-16/h4-11,18H,3,12-14H2,1-2H3,(H,24,26,28)/t18-/m1/s1. The van der Waals surface area contributed by atoms with Crippen molar-refractivity contribution in [3.8, 4) is 0 Å². The Bertz CT molecular complexity index is 1060. The number of para-hydroxylation sites is 1. The van der Waals surface area contributed by atoms with Crippen molar-refractivity contribution in [2.75, 3.05) is 16.8 Å². The summed E-state index contributed by atoms with van der Waals surface area (Å²) in [7, 11) is 0. The first-order valence-corrected chi connectivity index (χ1v) is 10.9. The average Bonchev–Trinajstić information content (AvgIpc) is 3.36. The van der Waals surface area contributed by atoms with Crippen LogP contribution in [0.4, 0.5) is 10.8 Å². The number of aromatic nitrogens is 2. The first kappa shape index (κ1) is 20.2. The van der Waals surface area contributed by atoms with Crippen molar-refractivity contribution in [3.05, 3.63) is 70.2 Å². The molecular weight excluding hydrogens is 396 g/mol. The summed E-state index contributed by atoms with van der Waals surface area (Å²) in [4.78, 5) is 26.8. The first-order valence-electron chi connectivity index (χ1n) is 10.1. The number of amides is 2. The summed E-state index contributed by atoms with van der Waals surface area (Å²) < 4.78 is 0. The van der Waals surface area contributed by atoms with Crippen LogP contribution in [0.2, 0.25) is 0 Å². The molecule has 4 rings (SSSR count). The van der Waals surface area contributed by atoms with E-state index < -0.39 is 0 Å². The van der Waals surface area contributed by atoms with Crippen molar-refractivity contribution >= 4 is 34.0 Å². The Hall–Kier alpha value is -3.06. The van der Waals surface area contributed by atoms with Gasteiger partial charge < -0.3 is 10.2 Å². The number of hydrogen-bond donors (Lipinski definition) is 1. The van der Waals surface area contributed by atoms with Crippen LogP contribution in [-0.2, 0) is 22.4 Å². The maximum atomic E-state index is 12.7. The number of carbonyl (C=O) groups excluding carboxylic acids is 2. The highest BCUT2D eigenvalue weighted by atomic mass is 32.1. The number of benzene rings is 2. The molecule has 0 unspecified atom stereocenters. The zero-order valence-corrected chi connectivity index (χ0v) is 17.9. The second-order valence-corrected chi connectivity index (χ2v) is 8.55. The molecule has 1 fully saturated rings. The van der Waals surface area contributed by atoms with Crippen molar-refractivity contribution in [3.63, 3.8) is 0 Å².